The Hall–Kier alpha value is -1.71. The van der Waals surface area contributed by atoms with E-state index in [4.69, 9.17) is 30.3 Å². The minimum atomic E-state index is -2.19. The lowest BCUT2D eigenvalue weighted by atomic mass is 9.95. The van der Waals surface area contributed by atoms with E-state index in [0.717, 1.165) is 0 Å². The van der Waals surface area contributed by atoms with E-state index >= 15 is 0 Å². The molecule has 19 heavy (non-hydrogen) atoms. The van der Waals surface area contributed by atoms with Gasteiger partial charge in [-0.05, 0) is 6.92 Å². The van der Waals surface area contributed by atoms with Crippen LogP contribution in [0.15, 0.2) is 0 Å². The SMILES string of the molecule is CCOC(CC(=O)O)(CC(=O)O)C(=O)O.OCCO. The first-order valence-electron chi connectivity index (χ1n) is 5.28. The van der Waals surface area contributed by atoms with Crippen molar-refractivity contribution in [3.05, 3.63) is 0 Å². The van der Waals surface area contributed by atoms with E-state index < -0.39 is 36.4 Å². The molecule has 0 saturated carbocycles. The van der Waals surface area contributed by atoms with E-state index in [-0.39, 0.29) is 19.8 Å². The van der Waals surface area contributed by atoms with Crippen molar-refractivity contribution in [2.75, 3.05) is 19.8 Å². The minimum Gasteiger partial charge on any atom is -0.481 e. The van der Waals surface area contributed by atoms with Crippen molar-refractivity contribution >= 4 is 17.9 Å². The van der Waals surface area contributed by atoms with Crippen molar-refractivity contribution < 1.29 is 44.7 Å². The molecule has 9 nitrogen and oxygen atoms in total. The lowest BCUT2D eigenvalue weighted by molar-refractivity contribution is -0.177. The second kappa shape index (κ2) is 10.2. The highest BCUT2D eigenvalue weighted by Gasteiger charge is 2.44. The molecule has 0 bridgehead atoms. The van der Waals surface area contributed by atoms with Crippen LogP contribution >= 0.6 is 0 Å². The Morgan fingerprint density at radius 3 is 1.47 bits per heavy atom. The zero-order chi connectivity index (χ0) is 15.5. The fourth-order valence-electron chi connectivity index (χ4n) is 1.14. The maximum atomic E-state index is 10.8. The van der Waals surface area contributed by atoms with Crippen LogP contribution in [0.2, 0.25) is 0 Å². The molecule has 0 amide bonds. The standard InChI is InChI=1S/C8H12O7.C2H6O2/c1-2-15-8(7(13)14,3-5(9)10)4-6(11)12;3-1-2-4/h2-4H2,1H3,(H,9,10)(H,11,12)(H,13,14);3-4H,1-2H2. The van der Waals surface area contributed by atoms with Gasteiger partial charge in [0.15, 0.2) is 5.60 Å². The minimum absolute atomic E-state index is 0.0765. The van der Waals surface area contributed by atoms with Gasteiger partial charge in [0.2, 0.25) is 0 Å². The fraction of sp³-hybridized carbons (Fsp3) is 0.700. The molecule has 0 aliphatic heterocycles. The van der Waals surface area contributed by atoms with Gasteiger partial charge in [-0.25, -0.2) is 4.79 Å². The molecule has 112 valence electrons. The van der Waals surface area contributed by atoms with Gasteiger partial charge in [0.25, 0.3) is 0 Å². The van der Waals surface area contributed by atoms with Crippen molar-refractivity contribution in [3.63, 3.8) is 0 Å². The van der Waals surface area contributed by atoms with Gasteiger partial charge in [-0.3, -0.25) is 9.59 Å². The molecule has 0 aliphatic carbocycles. The molecule has 9 heteroatoms. The summed E-state index contributed by atoms with van der Waals surface area (Å²) in [6, 6.07) is 0. The number of carboxylic acid groups (broad SMARTS) is 3. The average molecular weight is 282 g/mol. The summed E-state index contributed by atoms with van der Waals surface area (Å²) in [5.74, 6) is -4.44. The zero-order valence-electron chi connectivity index (χ0n) is 10.4. The maximum Gasteiger partial charge on any atom is 0.337 e. The number of carboxylic acids is 3. The van der Waals surface area contributed by atoms with Crippen molar-refractivity contribution in [2.24, 2.45) is 0 Å². The van der Waals surface area contributed by atoms with Gasteiger partial charge in [0.1, 0.15) is 0 Å². The van der Waals surface area contributed by atoms with E-state index in [1.54, 1.807) is 0 Å². The van der Waals surface area contributed by atoms with Crippen LogP contribution in [0.3, 0.4) is 0 Å². The Labute approximate surface area is 109 Å². The zero-order valence-corrected chi connectivity index (χ0v) is 10.4. The summed E-state index contributed by atoms with van der Waals surface area (Å²) in [4.78, 5) is 31.7. The molecule has 0 spiro atoms. The molecule has 0 aromatic rings. The second-order valence-corrected chi connectivity index (χ2v) is 3.32. The first kappa shape index (κ1) is 19.6. The predicted molar refractivity (Wildman–Crippen MR) is 60.7 cm³/mol. The Bertz CT molecular complexity index is 281. The normalized spacial score (nSPS) is 10.3. The van der Waals surface area contributed by atoms with Crippen molar-refractivity contribution in [1.82, 2.24) is 0 Å². The number of rotatable bonds is 8. The first-order chi connectivity index (χ1) is 8.75. The predicted octanol–water partition coefficient (Wildman–Crippen LogP) is -1.23. The molecule has 0 radical (unpaired) electrons. The molecule has 0 fully saturated rings. The highest BCUT2D eigenvalue weighted by molar-refractivity contribution is 5.88. The topological polar surface area (TPSA) is 162 Å². The van der Waals surface area contributed by atoms with Gasteiger partial charge < -0.3 is 30.3 Å². The second-order valence-electron chi connectivity index (χ2n) is 3.32. The van der Waals surface area contributed by atoms with Crippen LogP contribution in [-0.4, -0.2) is 68.9 Å². The quantitative estimate of drug-likeness (QED) is 0.366. The van der Waals surface area contributed by atoms with E-state index in [2.05, 4.69) is 0 Å². The molecular weight excluding hydrogens is 264 g/mol. The smallest absolute Gasteiger partial charge is 0.337 e. The third-order valence-electron chi connectivity index (χ3n) is 1.78. The Morgan fingerprint density at radius 1 is 0.947 bits per heavy atom. The third kappa shape index (κ3) is 8.94. The van der Waals surface area contributed by atoms with E-state index in [1.165, 1.54) is 6.92 Å². The van der Waals surface area contributed by atoms with E-state index in [0.29, 0.717) is 0 Å². The van der Waals surface area contributed by atoms with Gasteiger partial charge in [0.05, 0.1) is 26.1 Å². The largest absolute Gasteiger partial charge is 0.481 e. The number of aliphatic carboxylic acids is 3. The van der Waals surface area contributed by atoms with E-state index in [1.807, 2.05) is 0 Å². The number of carbonyl (C=O) groups is 3. The van der Waals surface area contributed by atoms with Crippen molar-refractivity contribution in [1.29, 1.82) is 0 Å². The monoisotopic (exact) mass is 282 g/mol. The summed E-state index contributed by atoms with van der Waals surface area (Å²) >= 11 is 0. The van der Waals surface area contributed by atoms with E-state index in [9.17, 15) is 14.4 Å². The summed E-state index contributed by atoms with van der Waals surface area (Å²) in [5.41, 5.74) is -2.19. The molecule has 0 unspecified atom stereocenters. The lowest BCUT2D eigenvalue weighted by Gasteiger charge is -2.25. The van der Waals surface area contributed by atoms with Gasteiger partial charge in [-0.15, -0.1) is 0 Å². The van der Waals surface area contributed by atoms with Crippen LogP contribution < -0.4 is 0 Å². The number of aliphatic hydroxyl groups is 2. The highest BCUT2D eigenvalue weighted by Crippen LogP contribution is 2.21. The number of hydrogen-bond donors (Lipinski definition) is 5. The van der Waals surface area contributed by atoms with Crippen molar-refractivity contribution in [3.8, 4) is 0 Å². The number of hydrogen-bond acceptors (Lipinski definition) is 6. The first-order valence-corrected chi connectivity index (χ1v) is 5.28. The Morgan fingerprint density at radius 2 is 1.32 bits per heavy atom. The molecule has 0 saturated heterocycles. The molecule has 0 heterocycles. The molecule has 0 aromatic carbocycles. The third-order valence-corrected chi connectivity index (χ3v) is 1.78. The maximum absolute atomic E-state index is 10.8. The Kier molecular flexibility index (Phi) is 10.6. The number of aliphatic hydroxyl groups excluding tert-OH is 2. The molecular formula is C10H18O9. The van der Waals surface area contributed by atoms with Crippen LogP contribution in [0, 0.1) is 0 Å². The van der Waals surface area contributed by atoms with Crippen LogP contribution in [0.4, 0.5) is 0 Å². The number of ether oxygens (including phenoxy) is 1. The van der Waals surface area contributed by atoms with Gasteiger partial charge >= 0.3 is 17.9 Å². The highest BCUT2D eigenvalue weighted by atomic mass is 16.5. The summed E-state index contributed by atoms with van der Waals surface area (Å²) in [7, 11) is 0. The molecule has 0 aliphatic rings. The van der Waals surface area contributed by atoms with Gasteiger partial charge in [-0.1, -0.05) is 0 Å². The Balaban J connectivity index is 0. The van der Waals surface area contributed by atoms with Gasteiger partial charge in [-0.2, -0.15) is 0 Å². The lowest BCUT2D eigenvalue weighted by Crippen LogP contribution is -2.45. The summed E-state index contributed by atoms with van der Waals surface area (Å²) in [5, 5.41) is 41.1. The molecule has 5 N–H and O–H groups in total. The van der Waals surface area contributed by atoms with Crippen molar-refractivity contribution in [2.45, 2.75) is 25.4 Å². The summed E-state index contributed by atoms with van der Waals surface area (Å²) in [6.07, 6.45) is -1.77. The fourth-order valence-corrected chi connectivity index (χ4v) is 1.14. The molecule has 0 atom stereocenters. The average Bonchev–Trinajstić information content (AvgIpc) is 2.27. The summed E-state index contributed by atoms with van der Waals surface area (Å²) in [6.45, 7) is 1.13. The van der Waals surface area contributed by atoms with Crippen LogP contribution in [-0.2, 0) is 19.1 Å². The van der Waals surface area contributed by atoms with Crippen LogP contribution in [0.1, 0.15) is 19.8 Å². The molecule has 0 aromatic heterocycles. The molecule has 0 rings (SSSR count). The van der Waals surface area contributed by atoms with Gasteiger partial charge in [0, 0.05) is 6.61 Å². The summed E-state index contributed by atoms with van der Waals surface area (Å²) < 4.78 is 4.75. The van der Waals surface area contributed by atoms with Crippen LogP contribution in [0.25, 0.3) is 0 Å². The van der Waals surface area contributed by atoms with Crippen LogP contribution in [0.5, 0.6) is 0 Å².